The van der Waals surface area contributed by atoms with Gasteiger partial charge in [0.25, 0.3) is 15.0 Å². The number of carbonyl (C=O) groups is 1. The van der Waals surface area contributed by atoms with Crippen LogP contribution in [0.25, 0.3) is 0 Å². The Morgan fingerprint density at radius 1 is 1.30 bits per heavy atom. The van der Waals surface area contributed by atoms with E-state index in [4.69, 9.17) is 10.7 Å². The quantitative estimate of drug-likeness (QED) is 0.869. The lowest BCUT2D eigenvalue weighted by Gasteiger charge is -2.15. The zero-order valence-electron chi connectivity index (χ0n) is 11.3. The maximum absolute atomic E-state index is 12.0. The van der Waals surface area contributed by atoms with Gasteiger partial charge in [0.1, 0.15) is 0 Å². The molecule has 110 valence electrons. The van der Waals surface area contributed by atoms with Gasteiger partial charge in [0, 0.05) is 22.8 Å². The van der Waals surface area contributed by atoms with Crippen LogP contribution < -0.4 is 5.32 Å². The number of hydrogen-bond donors (Lipinski definition) is 1. The van der Waals surface area contributed by atoms with E-state index in [0.717, 1.165) is 6.42 Å². The molecule has 1 N–H and O–H groups in total. The first-order chi connectivity index (χ1) is 9.38. The van der Waals surface area contributed by atoms with Crippen LogP contribution in [0.5, 0.6) is 0 Å². The Balaban J connectivity index is 1.96. The van der Waals surface area contributed by atoms with Crippen LogP contribution in [0.3, 0.4) is 0 Å². The van der Waals surface area contributed by atoms with Gasteiger partial charge in [-0.25, -0.2) is 8.42 Å². The summed E-state index contributed by atoms with van der Waals surface area (Å²) in [6.45, 7) is 2.89. The van der Waals surface area contributed by atoms with Crippen LogP contribution >= 0.6 is 10.7 Å². The molecule has 4 nitrogen and oxygen atoms in total. The second-order valence-corrected chi connectivity index (χ2v) is 7.91. The van der Waals surface area contributed by atoms with Crippen molar-refractivity contribution in [2.75, 3.05) is 6.54 Å². The molecule has 0 spiro atoms. The number of halogens is 1. The van der Waals surface area contributed by atoms with E-state index < -0.39 is 9.05 Å². The van der Waals surface area contributed by atoms with Gasteiger partial charge in [0.2, 0.25) is 0 Å². The molecule has 1 saturated carbocycles. The number of benzene rings is 1. The number of nitrogens with one attached hydrogen (secondary N) is 1. The SMILES string of the molecule is CC1CCCC1CNC(=O)c1ccc(S(=O)(=O)Cl)cc1. The molecule has 20 heavy (non-hydrogen) atoms. The van der Waals surface area contributed by atoms with Gasteiger partial charge in [-0.1, -0.05) is 19.8 Å². The molecule has 2 atom stereocenters. The van der Waals surface area contributed by atoms with E-state index in [0.29, 0.717) is 23.9 Å². The summed E-state index contributed by atoms with van der Waals surface area (Å²) in [5.74, 6) is 1.02. The zero-order valence-corrected chi connectivity index (χ0v) is 12.9. The van der Waals surface area contributed by atoms with Gasteiger partial charge >= 0.3 is 0 Å². The Bertz CT molecular complexity index is 583. The summed E-state index contributed by atoms with van der Waals surface area (Å²) >= 11 is 0. The molecule has 2 rings (SSSR count). The van der Waals surface area contributed by atoms with Crippen molar-refractivity contribution >= 4 is 25.6 Å². The molecule has 1 aliphatic carbocycles. The van der Waals surface area contributed by atoms with Crippen molar-refractivity contribution in [3.8, 4) is 0 Å². The summed E-state index contributed by atoms with van der Waals surface area (Å²) in [5, 5.41) is 2.91. The second-order valence-electron chi connectivity index (χ2n) is 5.34. The number of rotatable bonds is 4. The average molecular weight is 316 g/mol. The lowest BCUT2D eigenvalue weighted by atomic mass is 9.98. The molecule has 0 aliphatic heterocycles. The second kappa shape index (κ2) is 6.14. The van der Waals surface area contributed by atoms with Crippen LogP contribution in [0.4, 0.5) is 0 Å². The first-order valence-corrected chi connectivity index (χ1v) is 9.02. The predicted octanol–water partition coefficient (Wildman–Crippen LogP) is 2.78. The monoisotopic (exact) mass is 315 g/mol. The number of carbonyl (C=O) groups excluding carboxylic acids is 1. The summed E-state index contributed by atoms with van der Waals surface area (Å²) in [5.41, 5.74) is 0.444. The van der Waals surface area contributed by atoms with Gasteiger partial charge < -0.3 is 5.32 Å². The van der Waals surface area contributed by atoms with Gasteiger partial charge in [0.15, 0.2) is 0 Å². The highest BCUT2D eigenvalue weighted by molar-refractivity contribution is 8.13. The van der Waals surface area contributed by atoms with Gasteiger partial charge in [-0.3, -0.25) is 4.79 Å². The van der Waals surface area contributed by atoms with Crippen molar-refractivity contribution in [3.63, 3.8) is 0 Å². The maximum Gasteiger partial charge on any atom is 0.261 e. The van der Waals surface area contributed by atoms with Crippen LogP contribution in [0.15, 0.2) is 29.2 Å². The van der Waals surface area contributed by atoms with E-state index >= 15 is 0 Å². The molecule has 1 fully saturated rings. The zero-order chi connectivity index (χ0) is 14.8. The molecule has 2 unspecified atom stereocenters. The highest BCUT2D eigenvalue weighted by Crippen LogP contribution is 2.30. The molecule has 0 aromatic heterocycles. The fourth-order valence-corrected chi connectivity index (χ4v) is 3.39. The third-order valence-electron chi connectivity index (χ3n) is 3.96. The highest BCUT2D eigenvalue weighted by atomic mass is 35.7. The molecular formula is C14H18ClNO3S. The van der Waals surface area contributed by atoms with Gasteiger partial charge in [0.05, 0.1) is 4.90 Å². The minimum Gasteiger partial charge on any atom is -0.352 e. The van der Waals surface area contributed by atoms with E-state index in [1.807, 2.05) is 0 Å². The minimum atomic E-state index is -3.74. The molecule has 1 aromatic rings. The van der Waals surface area contributed by atoms with Crippen LogP contribution in [-0.4, -0.2) is 20.9 Å². The standard InChI is InChI=1S/C14H18ClNO3S/c1-10-3-2-4-12(10)9-16-14(17)11-5-7-13(8-6-11)20(15,18)19/h5-8,10,12H,2-4,9H2,1H3,(H,16,17). The lowest BCUT2D eigenvalue weighted by Crippen LogP contribution is -2.30. The van der Waals surface area contributed by atoms with E-state index in [1.54, 1.807) is 0 Å². The summed E-state index contributed by atoms with van der Waals surface area (Å²) < 4.78 is 22.2. The summed E-state index contributed by atoms with van der Waals surface area (Å²) in [7, 11) is 1.49. The fraction of sp³-hybridized carbons (Fsp3) is 0.500. The first-order valence-electron chi connectivity index (χ1n) is 6.71. The van der Waals surface area contributed by atoms with Crippen LogP contribution in [0, 0.1) is 11.8 Å². The number of amides is 1. The molecule has 0 bridgehead atoms. The normalized spacial score (nSPS) is 22.7. The Morgan fingerprint density at radius 2 is 1.95 bits per heavy atom. The van der Waals surface area contributed by atoms with E-state index in [2.05, 4.69) is 12.2 Å². The maximum atomic E-state index is 12.0. The minimum absolute atomic E-state index is 0.000122. The third-order valence-corrected chi connectivity index (χ3v) is 5.33. The molecule has 0 saturated heterocycles. The van der Waals surface area contributed by atoms with Crippen molar-refractivity contribution < 1.29 is 13.2 Å². The van der Waals surface area contributed by atoms with E-state index in [1.165, 1.54) is 37.1 Å². The van der Waals surface area contributed by atoms with Crippen LogP contribution in [0.2, 0.25) is 0 Å². The van der Waals surface area contributed by atoms with E-state index in [9.17, 15) is 13.2 Å². The van der Waals surface area contributed by atoms with Gasteiger partial charge in [-0.05, 0) is 42.5 Å². The number of hydrogen-bond acceptors (Lipinski definition) is 3. The lowest BCUT2D eigenvalue weighted by molar-refractivity contribution is 0.0944. The van der Waals surface area contributed by atoms with Crippen molar-refractivity contribution in [2.45, 2.75) is 31.1 Å². The predicted molar refractivity (Wildman–Crippen MR) is 78.3 cm³/mol. The topological polar surface area (TPSA) is 63.2 Å². The Morgan fingerprint density at radius 3 is 2.45 bits per heavy atom. The van der Waals surface area contributed by atoms with Crippen molar-refractivity contribution in [3.05, 3.63) is 29.8 Å². The largest absolute Gasteiger partial charge is 0.352 e. The summed E-state index contributed by atoms with van der Waals surface area (Å²) in [6, 6.07) is 5.64. The Labute approximate surface area is 123 Å². The smallest absolute Gasteiger partial charge is 0.261 e. The Kier molecular flexibility index (Phi) is 4.70. The molecular weight excluding hydrogens is 298 g/mol. The third kappa shape index (κ3) is 3.73. The van der Waals surface area contributed by atoms with Crippen LogP contribution in [-0.2, 0) is 9.05 Å². The van der Waals surface area contributed by atoms with Crippen molar-refractivity contribution in [1.82, 2.24) is 5.32 Å². The fourth-order valence-electron chi connectivity index (χ4n) is 2.62. The molecule has 0 heterocycles. The van der Waals surface area contributed by atoms with Crippen molar-refractivity contribution in [1.29, 1.82) is 0 Å². The van der Waals surface area contributed by atoms with Crippen LogP contribution in [0.1, 0.15) is 36.5 Å². The summed E-state index contributed by atoms with van der Waals surface area (Å²) in [6.07, 6.45) is 3.61. The first kappa shape index (κ1) is 15.3. The van der Waals surface area contributed by atoms with Gasteiger partial charge in [-0.15, -0.1) is 0 Å². The molecule has 1 aliphatic rings. The van der Waals surface area contributed by atoms with E-state index in [-0.39, 0.29) is 10.8 Å². The highest BCUT2D eigenvalue weighted by Gasteiger charge is 2.23. The molecule has 1 amide bonds. The Hall–Kier alpha value is -1.07. The summed E-state index contributed by atoms with van der Waals surface area (Å²) in [4.78, 5) is 12.0. The van der Waals surface area contributed by atoms with Crippen molar-refractivity contribution in [2.24, 2.45) is 11.8 Å². The molecule has 6 heteroatoms. The molecule has 1 aromatic carbocycles. The average Bonchev–Trinajstić information content (AvgIpc) is 2.81. The molecule has 0 radical (unpaired) electrons. The van der Waals surface area contributed by atoms with Gasteiger partial charge in [-0.2, -0.15) is 0 Å².